The van der Waals surface area contributed by atoms with Gasteiger partial charge in [0.2, 0.25) is 0 Å². The average Bonchev–Trinajstić information content (AvgIpc) is 2.59. The maximum Gasteiger partial charge on any atom is 0.304 e. The van der Waals surface area contributed by atoms with Crippen LogP contribution in [-0.4, -0.2) is 40.9 Å². The lowest BCUT2D eigenvalue weighted by molar-refractivity contribution is -0.159. The average molecular weight is 380 g/mol. The maximum atomic E-state index is 11.1. The third-order valence-electron chi connectivity index (χ3n) is 5.99. The molecule has 0 heterocycles. The number of carbonyl (C=O) groups is 1. The fourth-order valence-electron chi connectivity index (χ4n) is 3.92. The predicted molar refractivity (Wildman–Crippen MR) is 113 cm³/mol. The van der Waals surface area contributed by atoms with Crippen molar-refractivity contribution in [2.45, 2.75) is 91.9 Å². The second-order valence-corrected chi connectivity index (χ2v) is 9.08. The fourth-order valence-corrected chi connectivity index (χ4v) is 3.92. The SMILES string of the molecule is C=C(/C=C\C(C)(OC1CCC(C(C)(C)C)CC1)N(CC)CCC(=O)O)CC. The number of nitrogens with zero attached hydrogens (tertiary/aromatic N) is 1. The van der Waals surface area contributed by atoms with Crippen LogP contribution in [0.25, 0.3) is 0 Å². The van der Waals surface area contributed by atoms with E-state index in [1.54, 1.807) is 0 Å². The zero-order chi connectivity index (χ0) is 20.7. The van der Waals surface area contributed by atoms with Gasteiger partial charge in [-0.25, -0.2) is 0 Å². The Bertz CT molecular complexity index is 512. The summed E-state index contributed by atoms with van der Waals surface area (Å²) in [5.41, 5.74) is 0.793. The Balaban J connectivity index is 2.89. The number of rotatable bonds is 10. The first-order valence-electron chi connectivity index (χ1n) is 10.5. The van der Waals surface area contributed by atoms with Crippen molar-refractivity contribution in [1.82, 2.24) is 4.90 Å². The Morgan fingerprint density at radius 3 is 2.22 bits per heavy atom. The lowest BCUT2D eigenvalue weighted by Crippen LogP contribution is -2.50. The Morgan fingerprint density at radius 2 is 1.78 bits per heavy atom. The molecule has 0 aromatic carbocycles. The number of carboxylic acid groups (broad SMARTS) is 1. The van der Waals surface area contributed by atoms with Crippen molar-refractivity contribution in [3.63, 3.8) is 0 Å². The summed E-state index contributed by atoms with van der Waals surface area (Å²) in [5.74, 6) is -0.0308. The zero-order valence-corrected chi connectivity index (χ0v) is 18.4. The van der Waals surface area contributed by atoms with Gasteiger partial charge < -0.3 is 9.84 Å². The number of aliphatic carboxylic acids is 1. The van der Waals surface area contributed by atoms with Gasteiger partial charge in [-0.1, -0.05) is 52.8 Å². The molecule has 4 heteroatoms. The van der Waals surface area contributed by atoms with Gasteiger partial charge in [0.25, 0.3) is 0 Å². The number of ether oxygens (including phenoxy) is 1. The minimum atomic E-state index is -0.775. The Hall–Kier alpha value is -1.13. The highest BCUT2D eigenvalue weighted by molar-refractivity contribution is 5.66. The molecule has 27 heavy (non-hydrogen) atoms. The highest BCUT2D eigenvalue weighted by atomic mass is 16.5. The Labute approximate surface area is 166 Å². The summed E-state index contributed by atoms with van der Waals surface area (Å²) in [6, 6.07) is 0. The standard InChI is InChI=1S/C23H41NO3/c1-8-18(3)14-16-23(7,24(9-2)17-15-21(25)26)27-20-12-10-19(11-13-20)22(4,5)6/h14,16,19-20H,3,8-13,15,17H2,1-2,4-7H3,(H,25,26)/b16-14-. The van der Waals surface area contributed by atoms with E-state index in [1.807, 2.05) is 6.08 Å². The summed E-state index contributed by atoms with van der Waals surface area (Å²) in [5, 5.41) is 9.11. The monoisotopic (exact) mass is 379 g/mol. The van der Waals surface area contributed by atoms with Crippen molar-refractivity contribution in [1.29, 1.82) is 0 Å². The van der Waals surface area contributed by atoms with Gasteiger partial charge in [0.05, 0.1) is 12.5 Å². The molecule has 0 spiro atoms. The number of allylic oxidation sites excluding steroid dienone is 2. The minimum Gasteiger partial charge on any atom is -0.481 e. The fraction of sp³-hybridized carbons (Fsp3) is 0.783. The third-order valence-corrected chi connectivity index (χ3v) is 5.99. The van der Waals surface area contributed by atoms with Crippen LogP contribution in [0.2, 0.25) is 0 Å². The summed E-state index contributed by atoms with van der Waals surface area (Å²) in [4.78, 5) is 13.2. The van der Waals surface area contributed by atoms with Crippen molar-refractivity contribution in [3.8, 4) is 0 Å². The lowest BCUT2D eigenvalue weighted by Gasteiger charge is -2.44. The molecule has 4 nitrogen and oxygen atoms in total. The molecule has 1 unspecified atom stereocenters. The summed E-state index contributed by atoms with van der Waals surface area (Å²) in [6.45, 7) is 18.5. The van der Waals surface area contributed by atoms with Crippen LogP contribution in [-0.2, 0) is 9.53 Å². The van der Waals surface area contributed by atoms with Crippen molar-refractivity contribution in [2.24, 2.45) is 11.3 Å². The topological polar surface area (TPSA) is 49.8 Å². The number of hydrogen-bond acceptors (Lipinski definition) is 3. The van der Waals surface area contributed by atoms with Crippen LogP contribution in [0, 0.1) is 11.3 Å². The van der Waals surface area contributed by atoms with E-state index >= 15 is 0 Å². The molecule has 1 fully saturated rings. The summed E-state index contributed by atoms with van der Waals surface area (Å²) in [6.07, 6.45) is 9.84. The molecule has 0 aliphatic heterocycles. The second-order valence-electron chi connectivity index (χ2n) is 9.08. The highest BCUT2D eigenvalue weighted by Crippen LogP contribution is 2.39. The van der Waals surface area contributed by atoms with Crippen LogP contribution in [0.1, 0.15) is 80.1 Å². The first-order valence-corrected chi connectivity index (χ1v) is 10.5. The molecular formula is C23H41NO3. The van der Waals surface area contributed by atoms with E-state index in [2.05, 4.69) is 59.1 Å². The quantitative estimate of drug-likeness (QED) is 0.394. The minimum absolute atomic E-state index is 0.117. The number of likely N-dealkylation sites (N-methyl/N-ethyl adjacent to an activating group) is 1. The van der Waals surface area contributed by atoms with Gasteiger partial charge in [0.15, 0.2) is 0 Å². The van der Waals surface area contributed by atoms with E-state index in [4.69, 9.17) is 9.84 Å². The van der Waals surface area contributed by atoms with Gasteiger partial charge in [-0.05, 0) is 63.0 Å². The third kappa shape index (κ3) is 7.79. The molecule has 0 bridgehead atoms. The van der Waals surface area contributed by atoms with E-state index in [1.165, 1.54) is 12.8 Å². The highest BCUT2D eigenvalue weighted by Gasteiger charge is 2.36. The van der Waals surface area contributed by atoms with Gasteiger partial charge in [-0.3, -0.25) is 9.69 Å². The molecule has 1 rings (SSSR count). The van der Waals surface area contributed by atoms with Gasteiger partial charge in [0, 0.05) is 6.54 Å². The smallest absolute Gasteiger partial charge is 0.304 e. The molecule has 0 amide bonds. The molecule has 0 aromatic heterocycles. The number of hydrogen-bond donors (Lipinski definition) is 1. The van der Waals surface area contributed by atoms with E-state index in [0.717, 1.165) is 37.3 Å². The van der Waals surface area contributed by atoms with Crippen LogP contribution < -0.4 is 0 Å². The first-order chi connectivity index (χ1) is 12.5. The molecule has 0 aromatic rings. The molecule has 156 valence electrons. The molecule has 1 aliphatic rings. The van der Waals surface area contributed by atoms with Gasteiger partial charge in [0.1, 0.15) is 5.72 Å². The zero-order valence-electron chi connectivity index (χ0n) is 18.4. The predicted octanol–water partition coefficient (Wildman–Crippen LogP) is 5.64. The molecule has 1 N–H and O–H groups in total. The lowest BCUT2D eigenvalue weighted by atomic mass is 9.72. The molecule has 0 radical (unpaired) electrons. The van der Waals surface area contributed by atoms with Crippen LogP contribution in [0.15, 0.2) is 24.3 Å². The van der Waals surface area contributed by atoms with Crippen LogP contribution in [0.4, 0.5) is 0 Å². The summed E-state index contributed by atoms with van der Waals surface area (Å²) < 4.78 is 6.63. The van der Waals surface area contributed by atoms with E-state index < -0.39 is 11.7 Å². The summed E-state index contributed by atoms with van der Waals surface area (Å²) >= 11 is 0. The molecule has 1 atom stereocenters. The van der Waals surface area contributed by atoms with Gasteiger partial charge in [-0.2, -0.15) is 0 Å². The van der Waals surface area contributed by atoms with E-state index in [0.29, 0.717) is 12.0 Å². The Morgan fingerprint density at radius 1 is 1.19 bits per heavy atom. The second kappa shape index (κ2) is 10.4. The normalized spacial score (nSPS) is 23.5. The van der Waals surface area contributed by atoms with Crippen molar-refractivity contribution in [3.05, 3.63) is 24.3 Å². The van der Waals surface area contributed by atoms with Gasteiger partial charge >= 0.3 is 5.97 Å². The first kappa shape index (κ1) is 23.9. The van der Waals surface area contributed by atoms with E-state index in [-0.39, 0.29) is 12.5 Å². The van der Waals surface area contributed by atoms with Crippen LogP contribution in [0.5, 0.6) is 0 Å². The van der Waals surface area contributed by atoms with Crippen molar-refractivity contribution >= 4 is 5.97 Å². The maximum absolute atomic E-state index is 11.1. The molecule has 1 aliphatic carbocycles. The van der Waals surface area contributed by atoms with Gasteiger partial charge in [-0.15, -0.1) is 0 Å². The van der Waals surface area contributed by atoms with Crippen molar-refractivity contribution in [2.75, 3.05) is 13.1 Å². The van der Waals surface area contributed by atoms with Crippen molar-refractivity contribution < 1.29 is 14.6 Å². The summed E-state index contributed by atoms with van der Waals surface area (Å²) in [7, 11) is 0. The molecular weight excluding hydrogens is 338 g/mol. The molecule has 1 saturated carbocycles. The van der Waals surface area contributed by atoms with Crippen LogP contribution >= 0.6 is 0 Å². The van der Waals surface area contributed by atoms with E-state index in [9.17, 15) is 4.79 Å². The van der Waals surface area contributed by atoms with Crippen LogP contribution in [0.3, 0.4) is 0 Å². The molecule has 0 saturated heterocycles. The Kier molecular flexibility index (Phi) is 9.23. The number of carboxylic acids is 1. The largest absolute Gasteiger partial charge is 0.481 e.